The molecule has 0 aromatic heterocycles. The lowest BCUT2D eigenvalue weighted by atomic mass is 9.98. The molecule has 2 unspecified atom stereocenters. The van der Waals surface area contributed by atoms with Gasteiger partial charge >= 0.3 is 0 Å². The molecule has 0 aliphatic carbocycles. The number of hydrogen-bond donors (Lipinski definition) is 1. The fourth-order valence-electron chi connectivity index (χ4n) is 3.82. The van der Waals surface area contributed by atoms with Crippen LogP contribution in [-0.2, 0) is 0 Å². The van der Waals surface area contributed by atoms with Crippen LogP contribution in [0, 0.1) is 0 Å². The van der Waals surface area contributed by atoms with Crippen molar-refractivity contribution in [1.29, 1.82) is 0 Å². The average Bonchev–Trinajstić information content (AvgIpc) is 2.67. The van der Waals surface area contributed by atoms with Crippen LogP contribution in [0.25, 0.3) is 0 Å². The van der Waals surface area contributed by atoms with Gasteiger partial charge in [0.15, 0.2) is 0 Å². The second-order valence-corrected chi connectivity index (χ2v) is 6.03. The summed E-state index contributed by atoms with van der Waals surface area (Å²) in [5, 5.41) is 3.61. The summed E-state index contributed by atoms with van der Waals surface area (Å²) in [6, 6.07) is 1.70. The molecule has 0 spiro atoms. The van der Waals surface area contributed by atoms with Gasteiger partial charge in [-0.3, -0.25) is 9.80 Å². The molecular formula is C14H27N3. The quantitative estimate of drug-likeness (QED) is 0.741. The summed E-state index contributed by atoms with van der Waals surface area (Å²) in [6.07, 6.45) is 8.54. The maximum atomic E-state index is 3.61. The number of rotatable bonds is 1. The second-order valence-electron chi connectivity index (χ2n) is 6.03. The molecule has 0 aromatic carbocycles. The van der Waals surface area contributed by atoms with Crippen LogP contribution in [-0.4, -0.2) is 61.2 Å². The number of hydrogen-bond acceptors (Lipinski definition) is 3. The molecule has 3 aliphatic heterocycles. The molecule has 3 aliphatic rings. The molecule has 0 amide bonds. The molecule has 3 nitrogen and oxygen atoms in total. The van der Waals surface area contributed by atoms with E-state index in [9.17, 15) is 0 Å². The van der Waals surface area contributed by atoms with E-state index in [1.807, 2.05) is 0 Å². The summed E-state index contributed by atoms with van der Waals surface area (Å²) in [6.45, 7) is 7.80. The highest BCUT2D eigenvalue weighted by Gasteiger charge is 2.31. The van der Waals surface area contributed by atoms with Crippen LogP contribution >= 0.6 is 0 Å². The minimum absolute atomic E-state index is 0.821. The normalized spacial score (nSPS) is 37.4. The van der Waals surface area contributed by atoms with Gasteiger partial charge in [0, 0.05) is 38.3 Å². The predicted octanol–water partition coefficient (Wildman–Crippen LogP) is 1.30. The first kappa shape index (κ1) is 11.9. The molecule has 3 saturated heterocycles. The Morgan fingerprint density at radius 2 is 1.59 bits per heavy atom. The first-order chi connectivity index (χ1) is 8.43. The first-order valence-corrected chi connectivity index (χ1v) is 7.62. The fourth-order valence-corrected chi connectivity index (χ4v) is 3.82. The van der Waals surface area contributed by atoms with E-state index in [-0.39, 0.29) is 0 Å². The Hall–Kier alpha value is -0.120. The Bertz CT molecular complexity index is 236. The monoisotopic (exact) mass is 237 g/mol. The maximum Gasteiger partial charge on any atom is 0.0223 e. The van der Waals surface area contributed by atoms with Crippen LogP contribution < -0.4 is 5.32 Å². The molecule has 0 radical (unpaired) electrons. The highest BCUT2D eigenvalue weighted by atomic mass is 15.3. The zero-order chi connectivity index (χ0) is 11.5. The molecule has 17 heavy (non-hydrogen) atoms. The van der Waals surface area contributed by atoms with E-state index in [2.05, 4.69) is 15.1 Å². The largest absolute Gasteiger partial charge is 0.315 e. The van der Waals surface area contributed by atoms with E-state index in [1.54, 1.807) is 0 Å². The van der Waals surface area contributed by atoms with Crippen molar-refractivity contribution >= 4 is 0 Å². The summed E-state index contributed by atoms with van der Waals surface area (Å²) in [4.78, 5) is 5.52. The number of piperazine rings is 1. The zero-order valence-corrected chi connectivity index (χ0v) is 11.0. The van der Waals surface area contributed by atoms with Crippen molar-refractivity contribution in [3.63, 3.8) is 0 Å². The summed E-state index contributed by atoms with van der Waals surface area (Å²) >= 11 is 0. The fraction of sp³-hybridized carbons (Fsp3) is 1.00. The van der Waals surface area contributed by atoms with Crippen molar-refractivity contribution in [3.05, 3.63) is 0 Å². The molecule has 3 heteroatoms. The number of piperidine rings is 1. The minimum atomic E-state index is 0.821. The molecule has 0 bridgehead atoms. The summed E-state index contributed by atoms with van der Waals surface area (Å²) in [7, 11) is 0. The third-order valence-corrected chi connectivity index (χ3v) is 4.91. The molecular weight excluding hydrogens is 210 g/mol. The van der Waals surface area contributed by atoms with Gasteiger partial charge in [0.2, 0.25) is 0 Å². The van der Waals surface area contributed by atoms with E-state index in [0.29, 0.717) is 0 Å². The smallest absolute Gasteiger partial charge is 0.0223 e. The van der Waals surface area contributed by atoms with Crippen LogP contribution in [0.4, 0.5) is 0 Å². The van der Waals surface area contributed by atoms with Gasteiger partial charge in [-0.25, -0.2) is 0 Å². The van der Waals surface area contributed by atoms with Crippen molar-refractivity contribution in [2.75, 3.05) is 39.3 Å². The Kier molecular flexibility index (Phi) is 3.99. The molecule has 3 fully saturated rings. The SMILES string of the molecule is C1CCC(N2CCN3CCCCC3C2)CNC1. The summed E-state index contributed by atoms with van der Waals surface area (Å²) in [5.74, 6) is 0. The van der Waals surface area contributed by atoms with Gasteiger partial charge in [0.1, 0.15) is 0 Å². The third-order valence-electron chi connectivity index (χ3n) is 4.91. The third kappa shape index (κ3) is 2.83. The van der Waals surface area contributed by atoms with Crippen molar-refractivity contribution in [2.24, 2.45) is 0 Å². The molecule has 3 rings (SSSR count). The predicted molar refractivity (Wildman–Crippen MR) is 71.3 cm³/mol. The van der Waals surface area contributed by atoms with Crippen molar-refractivity contribution in [1.82, 2.24) is 15.1 Å². The standard InChI is InChI=1S/C14H27N3/c1-3-7-15-11-13(5-1)17-10-9-16-8-4-2-6-14(16)12-17/h13-15H,1-12H2. The molecule has 1 N–H and O–H groups in total. The van der Waals surface area contributed by atoms with Gasteiger partial charge in [-0.1, -0.05) is 12.8 Å². The molecule has 3 heterocycles. The van der Waals surface area contributed by atoms with Crippen molar-refractivity contribution < 1.29 is 0 Å². The van der Waals surface area contributed by atoms with E-state index in [0.717, 1.165) is 12.1 Å². The van der Waals surface area contributed by atoms with Crippen LogP contribution in [0.5, 0.6) is 0 Å². The Morgan fingerprint density at radius 3 is 2.59 bits per heavy atom. The van der Waals surface area contributed by atoms with Gasteiger partial charge in [0.05, 0.1) is 0 Å². The topological polar surface area (TPSA) is 18.5 Å². The Morgan fingerprint density at radius 1 is 0.765 bits per heavy atom. The van der Waals surface area contributed by atoms with Gasteiger partial charge < -0.3 is 5.32 Å². The van der Waals surface area contributed by atoms with Crippen molar-refractivity contribution in [2.45, 2.75) is 50.6 Å². The lowest BCUT2D eigenvalue weighted by Gasteiger charge is -2.46. The van der Waals surface area contributed by atoms with Gasteiger partial charge in [-0.2, -0.15) is 0 Å². The van der Waals surface area contributed by atoms with Gasteiger partial charge in [0.25, 0.3) is 0 Å². The zero-order valence-electron chi connectivity index (χ0n) is 11.0. The summed E-state index contributed by atoms with van der Waals surface area (Å²) < 4.78 is 0. The highest BCUT2D eigenvalue weighted by molar-refractivity contribution is 4.89. The maximum absolute atomic E-state index is 3.61. The second kappa shape index (κ2) is 5.68. The number of fused-ring (bicyclic) bond motifs is 1. The first-order valence-electron chi connectivity index (χ1n) is 7.62. The number of nitrogens with one attached hydrogen (secondary N) is 1. The van der Waals surface area contributed by atoms with Gasteiger partial charge in [-0.15, -0.1) is 0 Å². The van der Waals surface area contributed by atoms with Crippen LogP contribution in [0.3, 0.4) is 0 Å². The Balaban J connectivity index is 1.57. The molecule has 98 valence electrons. The number of nitrogens with zero attached hydrogens (tertiary/aromatic N) is 2. The molecule has 0 aromatic rings. The van der Waals surface area contributed by atoms with Gasteiger partial charge in [-0.05, 0) is 38.8 Å². The lowest BCUT2D eigenvalue weighted by molar-refractivity contribution is 0.0264. The molecule has 2 atom stereocenters. The minimum Gasteiger partial charge on any atom is -0.315 e. The lowest BCUT2D eigenvalue weighted by Crippen LogP contribution is -2.58. The van der Waals surface area contributed by atoms with Crippen molar-refractivity contribution in [3.8, 4) is 0 Å². The van der Waals surface area contributed by atoms with Crippen LogP contribution in [0.1, 0.15) is 38.5 Å². The average molecular weight is 237 g/mol. The van der Waals surface area contributed by atoms with E-state index in [1.165, 1.54) is 77.8 Å². The van der Waals surface area contributed by atoms with E-state index < -0.39 is 0 Å². The summed E-state index contributed by atoms with van der Waals surface area (Å²) in [5.41, 5.74) is 0. The molecule has 0 saturated carbocycles. The van der Waals surface area contributed by atoms with E-state index in [4.69, 9.17) is 0 Å². The van der Waals surface area contributed by atoms with Crippen LogP contribution in [0.15, 0.2) is 0 Å². The highest BCUT2D eigenvalue weighted by Crippen LogP contribution is 2.23. The van der Waals surface area contributed by atoms with Crippen LogP contribution in [0.2, 0.25) is 0 Å². The Labute approximate surface area is 106 Å². The van der Waals surface area contributed by atoms with E-state index >= 15 is 0 Å².